The van der Waals surface area contributed by atoms with Gasteiger partial charge >= 0.3 is 5.97 Å². The fourth-order valence-corrected chi connectivity index (χ4v) is 3.42. The van der Waals surface area contributed by atoms with Crippen molar-refractivity contribution in [3.63, 3.8) is 0 Å². The molecule has 1 aromatic carbocycles. The van der Waals surface area contributed by atoms with Crippen LogP contribution in [0.2, 0.25) is 0 Å². The zero-order valence-electron chi connectivity index (χ0n) is 13.8. The molecule has 5 nitrogen and oxygen atoms in total. The first-order chi connectivity index (χ1) is 11.7. The number of unbranched alkanes of at least 4 members (excludes halogenated alkanes) is 2. The van der Waals surface area contributed by atoms with Gasteiger partial charge in [0.2, 0.25) is 0 Å². The van der Waals surface area contributed by atoms with E-state index in [2.05, 4.69) is 26.4 Å². The summed E-state index contributed by atoms with van der Waals surface area (Å²) in [5, 5.41) is 8.18. The summed E-state index contributed by atoms with van der Waals surface area (Å²) < 4.78 is 5.83. The van der Waals surface area contributed by atoms with E-state index in [1.807, 2.05) is 18.2 Å². The van der Waals surface area contributed by atoms with E-state index in [1.54, 1.807) is 11.3 Å². The van der Waals surface area contributed by atoms with E-state index < -0.39 is 0 Å². The van der Waals surface area contributed by atoms with Gasteiger partial charge in [-0.05, 0) is 37.2 Å². The Labute approximate surface area is 151 Å². The van der Waals surface area contributed by atoms with Crippen LogP contribution in [0.25, 0.3) is 10.2 Å². The van der Waals surface area contributed by atoms with Crippen LogP contribution < -0.4 is 10.6 Å². The normalized spacial score (nSPS) is 10.5. The molecule has 0 amide bonds. The summed E-state index contributed by atoms with van der Waals surface area (Å²) in [6.45, 7) is 1.59. The van der Waals surface area contributed by atoms with E-state index >= 15 is 0 Å². The highest BCUT2D eigenvalue weighted by atomic mass is 32.1. The van der Waals surface area contributed by atoms with Crippen molar-refractivity contribution < 1.29 is 9.53 Å². The van der Waals surface area contributed by atoms with Gasteiger partial charge in [-0.15, -0.1) is 11.3 Å². The molecule has 0 aliphatic heterocycles. The average molecular weight is 366 g/mol. The van der Waals surface area contributed by atoms with Gasteiger partial charge in [0.05, 0.1) is 22.3 Å². The van der Waals surface area contributed by atoms with Gasteiger partial charge in [-0.2, -0.15) is 0 Å². The quantitative estimate of drug-likeness (QED) is 0.405. The summed E-state index contributed by atoms with van der Waals surface area (Å²) in [6.07, 6.45) is 4.17. The first kappa shape index (κ1) is 18.6. The summed E-state index contributed by atoms with van der Waals surface area (Å²) >= 11 is 6.99. The minimum Gasteiger partial charge on any atom is -0.469 e. The van der Waals surface area contributed by atoms with E-state index in [0.717, 1.165) is 49.3 Å². The maximum absolute atomic E-state index is 11.0. The van der Waals surface area contributed by atoms with Gasteiger partial charge in [-0.1, -0.05) is 18.6 Å². The maximum Gasteiger partial charge on any atom is 0.305 e. The number of nitrogens with zero attached hydrogens (tertiary/aromatic N) is 1. The molecule has 0 aliphatic carbocycles. The van der Waals surface area contributed by atoms with Gasteiger partial charge in [0.1, 0.15) is 0 Å². The molecule has 2 aromatic rings. The number of para-hydroxylation sites is 1. The Bertz CT molecular complexity index is 640. The van der Waals surface area contributed by atoms with Gasteiger partial charge in [-0.25, -0.2) is 4.98 Å². The molecule has 2 rings (SSSR count). The van der Waals surface area contributed by atoms with Crippen molar-refractivity contribution in [3.8, 4) is 0 Å². The predicted molar refractivity (Wildman–Crippen MR) is 102 cm³/mol. The lowest BCUT2D eigenvalue weighted by molar-refractivity contribution is -0.140. The first-order valence-corrected chi connectivity index (χ1v) is 9.34. The standard InChI is InChI=1S/C17H23N3O2S2/c1-22-16(21)9-3-2-6-11-18-17(23)19-12-10-15-20-13-7-4-5-8-14(13)24-15/h4-5,7-8H,2-3,6,9-12H2,1H3,(H2,18,19,23). The van der Waals surface area contributed by atoms with Crippen molar-refractivity contribution in [2.45, 2.75) is 32.1 Å². The monoisotopic (exact) mass is 365 g/mol. The fraction of sp³-hybridized carbons (Fsp3) is 0.471. The number of hydrogen-bond donors (Lipinski definition) is 2. The molecule has 0 radical (unpaired) electrons. The third-order valence-corrected chi connectivity index (χ3v) is 4.92. The third-order valence-electron chi connectivity index (χ3n) is 3.53. The molecule has 0 unspecified atom stereocenters. The van der Waals surface area contributed by atoms with Crippen LogP contribution in [-0.2, 0) is 16.0 Å². The highest BCUT2D eigenvalue weighted by molar-refractivity contribution is 7.80. The number of hydrogen-bond acceptors (Lipinski definition) is 5. The number of esters is 1. The fourth-order valence-electron chi connectivity index (χ4n) is 2.25. The Morgan fingerprint density at radius 1 is 1.21 bits per heavy atom. The number of carbonyl (C=O) groups is 1. The van der Waals surface area contributed by atoms with E-state index in [-0.39, 0.29) is 5.97 Å². The number of aromatic nitrogens is 1. The molecule has 1 heterocycles. The minimum absolute atomic E-state index is 0.144. The Hall–Kier alpha value is -1.73. The Balaban J connectivity index is 1.54. The Morgan fingerprint density at radius 2 is 2.00 bits per heavy atom. The molecule has 0 aliphatic rings. The van der Waals surface area contributed by atoms with Gasteiger partial charge in [0.15, 0.2) is 5.11 Å². The lowest BCUT2D eigenvalue weighted by atomic mass is 10.2. The van der Waals surface area contributed by atoms with Crippen LogP contribution in [0.4, 0.5) is 0 Å². The van der Waals surface area contributed by atoms with Crippen LogP contribution in [0, 0.1) is 0 Å². The molecule has 130 valence electrons. The Morgan fingerprint density at radius 3 is 2.79 bits per heavy atom. The number of benzene rings is 1. The summed E-state index contributed by atoms with van der Waals surface area (Å²) in [7, 11) is 1.42. The minimum atomic E-state index is -0.144. The number of thiocarbonyl (C=S) groups is 1. The maximum atomic E-state index is 11.0. The van der Waals surface area contributed by atoms with Crippen molar-refractivity contribution in [1.29, 1.82) is 0 Å². The van der Waals surface area contributed by atoms with Gasteiger partial charge in [0.25, 0.3) is 0 Å². The molecule has 0 fully saturated rings. The average Bonchev–Trinajstić information content (AvgIpc) is 3.00. The number of methoxy groups -OCH3 is 1. The van der Waals surface area contributed by atoms with E-state index in [0.29, 0.717) is 11.5 Å². The summed E-state index contributed by atoms with van der Waals surface area (Å²) in [4.78, 5) is 15.6. The van der Waals surface area contributed by atoms with Crippen molar-refractivity contribution in [1.82, 2.24) is 15.6 Å². The Kier molecular flexibility index (Phi) is 7.91. The number of nitrogens with one attached hydrogen (secondary N) is 2. The summed E-state index contributed by atoms with van der Waals surface area (Å²) in [5.41, 5.74) is 1.06. The van der Waals surface area contributed by atoms with Crippen LogP contribution in [-0.4, -0.2) is 36.3 Å². The van der Waals surface area contributed by atoms with E-state index in [4.69, 9.17) is 12.2 Å². The number of carbonyl (C=O) groups excluding carboxylic acids is 1. The number of ether oxygens (including phenoxy) is 1. The van der Waals surface area contributed by atoms with Crippen LogP contribution in [0.1, 0.15) is 30.7 Å². The first-order valence-electron chi connectivity index (χ1n) is 8.12. The second kappa shape index (κ2) is 10.2. The molecule has 0 saturated carbocycles. The lowest BCUT2D eigenvalue weighted by Gasteiger charge is -2.09. The third kappa shape index (κ3) is 6.41. The smallest absolute Gasteiger partial charge is 0.305 e. The van der Waals surface area contributed by atoms with Crippen LogP contribution >= 0.6 is 23.6 Å². The molecule has 24 heavy (non-hydrogen) atoms. The van der Waals surface area contributed by atoms with Crippen molar-refractivity contribution >= 4 is 44.9 Å². The van der Waals surface area contributed by atoms with Gasteiger partial charge in [0, 0.05) is 25.9 Å². The second-order valence-electron chi connectivity index (χ2n) is 5.39. The topological polar surface area (TPSA) is 63.2 Å². The van der Waals surface area contributed by atoms with Crippen molar-refractivity contribution in [2.24, 2.45) is 0 Å². The zero-order chi connectivity index (χ0) is 17.2. The number of thiazole rings is 1. The summed E-state index contributed by atoms with van der Waals surface area (Å²) in [6, 6.07) is 8.17. The molecule has 7 heteroatoms. The van der Waals surface area contributed by atoms with E-state index in [9.17, 15) is 4.79 Å². The molecule has 2 N–H and O–H groups in total. The molecule has 1 aromatic heterocycles. The van der Waals surface area contributed by atoms with Crippen molar-refractivity contribution in [3.05, 3.63) is 29.3 Å². The molecule has 0 atom stereocenters. The lowest BCUT2D eigenvalue weighted by Crippen LogP contribution is -2.36. The van der Waals surface area contributed by atoms with E-state index in [1.165, 1.54) is 11.8 Å². The van der Waals surface area contributed by atoms with Crippen LogP contribution in [0.3, 0.4) is 0 Å². The second-order valence-corrected chi connectivity index (χ2v) is 6.92. The van der Waals surface area contributed by atoms with Gasteiger partial charge in [-0.3, -0.25) is 4.79 Å². The van der Waals surface area contributed by atoms with Crippen LogP contribution in [0.15, 0.2) is 24.3 Å². The highest BCUT2D eigenvalue weighted by Crippen LogP contribution is 2.21. The zero-order valence-corrected chi connectivity index (χ0v) is 15.5. The molecular formula is C17H23N3O2S2. The largest absolute Gasteiger partial charge is 0.469 e. The summed E-state index contributed by atoms with van der Waals surface area (Å²) in [5.74, 6) is -0.144. The molecule has 0 spiro atoms. The highest BCUT2D eigenvalue weighted by Gasteiger charge is 2.03. The number of rotatable bonds is 9. The SMILES string of the molecule is COC(=O)CCCCCNC(=S)NCCc1nc2ccccc2s1. The molecule has 0 saturated heterocycles. The number of fused-ring (bicyclic) bond motifs is 1. The molecular weight excluding hydrogens is 342 g/mol. The van der Waals surface area contributed by atoms with Crippen molar-refractivity contribution in [2.75, 3.05) is 20.2 Å². The molecule has 0 bridgehead atoms. The predicted octanol–water partition coefficient (Wildman–Crippen LogP) is 3.04. The van der Waals surface area contributed by atoms with Gasteiger partial charge < -0.3 is 15.4 Å². The van der Waals surface area contributed by atoms with Crippen LogP contribution in [0.5, 0.6) is 0 Å².